The number of carbonyl (C=O) groups is 1. The number of carboxylic acid groups (broad SMARTS) is 1. The maximum Gasteiger partial charge on any atom is 0.337 e. The van der Waals surface area contributed by atoms with Gasteiger partial charge in [0.05, 0.1) is 34.9 Å². The van der Waals surface area contributed by atoms with E-state index in [4.69, 9.17) is 9.97 Å². The van der Waals surface area contributed by atoms with E-state index in [0.717, 1.165) is 42.6 Å². The van der Waals surface area contributed by atoms with E-state index < -0.39 is 5.97 Å². The fourth-order valence-electron chi connectivity index (χ4n) is 5.03. The molecule has 0 amide bonds. The topological polar surface area (TPSA) is 120 Å². The minimum atomic E-state index is -0.987. The third-order valence-electron chi connectivity index (χ3n) is 6.90. The Kier molecular flexibility index (Phi) is 6.49. The summed E-state index contributed by atoms with van der Waals surface area (Å²) < 4.78 is 2.03. The van der Waals surface area contributed by atoms with E-state index in [1.165, 1.54) is 0 Å². The van der Waals surface area contributed by atoms with Gasteiger partial charge >= 0.3 is 5.97 Å². The number of benzene rings is 2. The molecule has 37 heavy (non-hydrogen) atoms. The Morgan fingerprint density at radius 1 is 1.16 bits per heavy atom. The summed E-state index contributed by atoms with van der Waals surface area (Å²) in [6.45, 7) is 7.49. The molecule has 0 unspecified atom stereocenters. The lowest BCUT2D eigenvalue weighted by atomic mass is 10.0. The van der Waals surface area contributed by atoms with Crippen molar-refractivity contribution >= 4 is 28.5 Å². The number of fused-ring (bicyclic) bond motifs is 1. The van der Waals surface area contributed by atoms with Gasteiger partial charge in [-0.25, -0.2) is 14.8 Å². The summed E-state index contributed by atoms with van der Waals surface area (Å²) in [5.74, 6) is -0.396. The van der Waals surface area contributed by atoms with E-state index in [9.17, 15) is 15.2 Å². The van der Waals surface area contributed by atoms with Crippen LogP contribution in [0.5, 0.6) is 0 Å². The predicted molar refractivity (Wildman–Crippen MR) is 142 cm³/mol. The summed E-state index contributed by atoms with van der Waals surface area (Å²) in [4.78, 5) is 23.5. The number of aromatic nitrogens is 4. The zero-order valence-corrected chi connectivity index (χ0v) is 21.1. The lowest BCUT2D eigenvalue weighted by Gasteiger charge is -2.33. The fraction of sp³-hybridized carbons (Fsp3) is 0.321. The van der Waals surface area contributed by atoms with Crippen LogP contribution >= 0.6 is 0 Å². The van der Waals surface area contributed by atoms with Crippen LogP contribution in [0.3, 0.4) is 0 Å². The van der Waals surface area contributed by atoms with Crippen molar-refractivity contribution in [2.45, 2.75) is 45.7 Å². The molecule has 0 spiro atoms. The average Bonchev–Trinajstić information content (AvgIpc) is 3.33. The smallest absolute Gasteiger partial charge is 0.337 e. The molecule has 0 bridgehead atoms. The molecule has 9 heteroatoms. The van der Waals surface area contributed by atoms with Crippen LogP contribution in [0.4, 0.5) is 11.5 Å². The van der Waals surface area contributed by atoms with E-state index in [1.54, 1.807) is 24.3 Å². The van der Waals surface area contributed by atoms with Crippen LogP contribution in [0.15, 0.2) is 48.8 Å². The molecule has 9 nitrogen and oxygen atoms in total. The summed E-state index contributed by atoms with van der Waals surface area (Å²) in [5, 5.41) is 27.3. The normalized spacial score (nSPS) is 14.9. The number of carboxylic acids is 1. The zero-order valence-electron chi connectivity index (χ0n) is 21.1. The average molecular weight is 496 g/mol. The molecule has 2 N–H and O–H groups in total. The molecule has 0 radical (unpaired) electrons. The summed E-state index contributed by atoms with van der Waals surface area (Å²) >= 11 is 0. The number of nitriles is 1. The van der Waals surface area contributed by atoms with Gasteiger partial charge in [0.15, 0.2) is 11.5 Å². The number of nitrogens with one attached hydrogen (secondary N) is 1. The van der Waals surface area contributed by atoms with Gasteiger partial charge in [0, 0.05) is 30.5 Å². The monoisotopic (exact) mass is 495 g/mol. The number of aromatic carboxylic acids is 1. The highest BCUT2D eigenvalue weighted by molar-refractivity contribution is 5.94. The van der Waals surface area contributed by atoms with Gasteiger partial charge in [-0.1, -0.05) is 18.2 Å². The number of rotatable bonds is 6. The Bertz CT molecular complexity index is 1510. The number of aryl methyl sites for hydroxylation is 2. The van der Waals surface area contributed by atoms with Gasteiger partial charge < -0.3 is 15.3 Å². The van der Waals surface area contributed by atoms with Crippen molar-refractivity contribution in [3.05, 3.63) is 76.7 Å². The molecule has 2 aromatic heterocycles. The lowest BCUT2D eigenvalue weighted by Crippen LogP contribution is -2.36. The Balaban J connectivity index is 1.48. The zero-order chi connectivity index (χ0) is 26.1. The molecule has 1 fully saturated rings. The SMILES string of the molecule is Cc1cc([C@@H](C)Nc2ccccc2C(=O)O)c2nc(N3CCC(n4cc(C)cn4)CC3)c(C#N)nc2c1. The van der Waals surface area contributed by atoms with Gasteiger partial charge in [-0.05, 0) is 62.9 Å². The minimum absolute atomic E-state index is 0.208. The number of anilines is 2. The van der Waals surface area contributed by atoms with Gasteiger partial charge in [-0.15, -0.1) is 0 Å². The molecule has 0 saturated carbocycles. The highest BCUT2D eigenvalue weighted by Gasteiger charge is 2.26. The van der Waals surface area contributed by atoms with Gasteiger partial charge in [0.1, 0.15) is 6.07 Å². The number of para-hydroxylation sites is 1. The third-order valence-corrected chi connectivity index (χ3v) is 6.90. The largest absolute Gasteiger partial charge is 0.478 e. The van der Waals surface area contributed by atoms with Crippen LogP contribution in [-0.4, -0.2) is 43.9 Å². The van der Waals surface area contributed by atoms with E-state index in [-0.39, 0.29) is 11.6 Å². The molecular weight excluding hydrogens is 466 g/mol. The van der Waals surface area contributed by atoms with Crippen LogP contribution < -0.4 is 10.2 Å². The maximum atomic E-state index is 11.7. The quantitative estimate of drug-likeness (QED) is 0.382. The highest BCUT2D eigenvalue weighted by atomic mass is 16.4. The van der Waals surface area contributed by atoms with Crippen molar-refractivity contribution in [2.75, 3.05) is 23.3 Å². The molecule has 1 atom stereocenters. The van der Waals surface area contributed by atoms with Crippen molar-refractivity contribution in [3.8, 4) is 6.07 Å². The lowest BCUT2D eigenvalue weighted by molar-refractivity contribution is 0.0698. The Hall–Kier alpha value is -4.45. The molecular formula is C28H29N7O2. The minimum Gasteiger partial charge on any atom is -0.478 e. The van der Waals surface area contributed by atoms with Crippen LogP contribution in [0, 0.1) is 25.2 Å². The maximum absolute atomic E-state index is 11.7. The van der Waals surface area contributed by atoms with E-state index >= 15 is 0 Å². The standard InChI is InChI=1S/C28H29N7O2/c1-17-12-22(19(3)31-23-7-5-4-6-21(23)28(36)37)26-24(13-17)32-25(14-29)27(33-26)34-10-8-20(9-11-34)35-16-18(2)15-30-35/h4-7,12-13,15-16,19-20,31H,8-11H2,1-3H3,(H,36,37)/t19-/m1/s1. The van der Waals surface area contributed by atoms with Crippen LogP contribution in [0.25, 0.3) is 11.0 Å². The third kappa shape index (κ3) is 4.83. The first-order chi connectivity index (χ1) is 17.8. The van der Waals surface area contributed by atoms with Crippen molar-refractivity contribution in [3.63, 3.8) is 0 Å². The van der Waals surface area contributed by atoms with Crippen molar-refractivity contribution in [2.24, 2.45) is 0 Å². The molecule has 188 valence electrons. The van der Waals surface area contributed by atoms with Gasteiger partial charge in [0.25, 0.3) is 0 Å². The first kappa shape index (κ1) is 24.3. The molecule has 2 aromatic carbocycles. The van der Waals surface area contributed by atoms with Crippen molar-refractivity contribution in [1.82, 2.24) is 19.7 Å². The highest BCUT2D eigenvalue weighted by Crippen LogP contribution is 2.32. The first-order valence-electron chi connectivity index (χ1n) is 12.4. The Morgan fingerprint density at radius 2 is 1.92 bits per heavy atom. The molecule has 4 aromatic rings. The van der Waals surface area contributed by atoms with E-state index in [2.05, 4.69) is 27.6 Å². The van der Waals surface area contributed by atoms with E-state index in [1.807, 2.05) is 43.8 Å². The van der Waals surface area contributed by atoms with E-state index in [0.29, 0.717) is 34.3 Å². The molecule has 1 aliphatic rings. The number of nitrogens with zero attached hydrogens (tertiary/aromatic N) is 6. The van der Waals surface area contributed by atoms with Crippen LogP contribution in [-0.2, 0) is 0 Å². The van der Waals surface area contributed by atoms with Gasteiger partial charge in [0.2, 0.25) is 0 Å². The summed E-state index contributed by atoms with van der Waals surface area (Å²) in [6.07, 6.45) is 5.75. The second-order valence-corrected chi connectivity index (χ2v) is 9.66. The van der Waals surface area contributed by atoms with Crippen molar-refractivity contribution in [1.29, 1.82) is 5.26 Å². The Labute approximate surface area is 215 Å². The first-order valence-corrected chi connectivity index (χ1v) is 12.4. The fourth-order valence-corrected chi connectivity index (χ4v) is 5.03. The summed E-state index contributed by atoms with van der Waals surface area (Å²) in [7, 11) is 0. The Morgan fingerprint density at radius 3 is 2.59 bits per heavy atom. The van der Waals surface area contributed by atoms with Crippen molar-refractivity contribution < 1.29 is 9.90 Å². The molecule has 3 heterocycles. The second-order valence-electron chi connectivity index (χ2n) is 9.66. The van der Waals surface area contributed by atoms with Gasteiger partial charge in [-0.2, -0.15) is 10.4 Å². The van der Waals surface area contributed by atoms with Gasteiger partial charge in [-0.3, -0.25) is 4.68 Å². The second kappa shape index (κ2) is 9.90. The number of hydrogen-bond donors (Lipinski definition) is 2. The molecule has 1 saturated heterocycles. The van der Waals surface area contributed by atoms with Crippen LogP contribution in [0.2, 0.25) is 0 Å². The summed E-state index contributed by atoms with van der Waals surface area (Å²) in [6, 6.07) is 13.1. The number of hydrogen-bond acceptors (Lipinski definition) is 7. The molecule has 1 aliphatic heterocycles. The predicted octanol–water partition coefficient (Wildman–Crippen LogP) is 5.03. The molecule has 0 aliphatic carbocycles. The molecule has 5 rings (SSSR count). The summed E-state index contributed by atoms with van der Waals surface area (Å²) in [5.41, 5.74) is 5.45. The van der Waals surface area contributed by atoms with Crippen LogP contribution in [0.1, 0.15) is 64.6 Å². The number of piperidine rings is 1.